The van der Waals surface area contributed by atoms with E-state index in [1.807, 2.05) is 0 Å². The third-order valence-electron chi connectivity index (χ3n) is 2.34. The molecule has 0 spiro atoms. The van der Waals surface area contributed by atoms with Crippen LogP contribution in [0.2, 0.25) is 0 Å². The van der Waals surface area contributed by atoms with E-state index in [-0.39, 0.29) is 11.8 Å². The van der Waals surface area contributed by atoms with Gasteiger partial charge in [-0.15, -0.1) is 0 Å². The summed E-state index contributed by atoms with van der Waals surface area (Å²) in [5.41, 5.74) is 5.67. The lowest BCUT2D eigenvalue weighted by Gasteiger charge is -2.13. The summed E-state index contributed by atoms with van der Waals surface area (Å²) in [6.45, 7) is 2.41. The number of nitrogens with one attached hydrogen (secondary N) is 1. The normalized spacial score (nSPS) is 12.0. The fourth-order valence-corrected chi connectivity index (χ4v) is 1.20. The molecule has 5 heteroatoms. The monoisotopic (exact) mass is 229 g/mol. The van der Waals surface area contributed by atoms with Crippen LogP contribution in [0.1, 0.15) is 32.6 Å². The first-order valence-electron chi connectivity index (χ1n) is 5.72. The van der Waals surface area contributed by atoms with Crippen LogP contribution < -0.4 is 11.1 Å². The van der Waals surface area contributed by atoms with Gasteiger partial charge in [-0.25, -0.2) is 0 Å². The summed E-state index contributed by atoms with van der Waals surface area (Å²) in [6, 6.07) is -0.450. The van der Waals surface area contributed by atoms with Crippen LogP contribution in [0.3, 0.4) is 0 Å². The van der Waals surface area contributed by atoms with Crippen LogP contribution >= 0.6 is 0 Å². The van der Waals surface area contributed by atoms with Crippen molar-refractivity contribution in [2.45, 2.75) is 38.6 Å². The smallest absolute Gasteiger partial charge is 0.236 e. The van der Waals surface area contributed by atoms with Gasteiger partial charge < -0.3 is 16.0 Å². The Labute approximate surface area is 97.4 Å². The largest absolute Gasteiger partial charge is 0.354 e. The zero-order valence-corrected chi connectivity index (χ0v) is 10.5. The molecule has 0 aromatic carbocycles. The predicted octanol–water partition coefficient (Wildman–Crippen LogP) is 0.0984. The Bertz CT molecular complexity index is 229. The van der Waals surface area contributed by atoms with Gasteiger partial charge in [-0.05, 0) is 6.42 Å². The van der Waals surface area contributed by atoms with E-state index in [2.05, 4.69) is 12.2 Å². The Hall–Kier alpha value is -1.10. The molecule has 94 valence electrons. The molecular formula is C11H23N3O2. The molecule has 2 amide bonds. The van der Waals surface area contributed by atoms with Crippen LogP contribution in [0.5, 0.6) is 0 Å². The molecule has 0 heterocycles. The van der Waals surface area contributed by atoms with Gasteiger partial charge in [0.1, 0.15) is 0 Å². The van der Waals surface area contributed by atoms with Gasteiger partial charge in [-0.1, -0.05) is 19.8 Å². The maximum absolute atomic E-state index is 11.4. The van der Waals surface area contributed by atoms with Gasteiger partial charge in [-0.3, -0.25) is 9.59 Å². The number of nitrogens with zero attached hydrogens (tertiary/aromatic N) is 1. The van der Waals surface area contributed by atoms with Crippen LogP contribution in [0.15, 0.2) is 0 Å². The number of unbranched alkanes of at least 4 members (excludes halogenated alkanes) is 1. The zero-order valence-electron chi connectivity index (χ0n) is 10.5. The first-order chi connectivity index (χ1) is 7.49. The second-order valence-corrected chi connectivity index (χ2v) is 4.08. The van der Waals surface area contributed by atoms with Crippen molar-refractivity contribution < 1.29 is 9.59 Å². The molecule has 0 rings (SSSR count). The summed E-state index contributed by atoms with van der Waals surface area (Å²) in [5.74, 6) is -0.164. The van der Waals surface area contributed by atoms with Crippen molar-refractivity contribution in [3.05, 3.63) is 0 Å². The summed E-state index contributed by atoms with van der Waals surface area (Å²) < 4.78 is 0. The lowest BCUT2D eigenvalue weighted by Crippen LogP contribution is -2.41. The highest BCUT2D eigenvalue weighted by Crippen LogP contribution is 1.98. The van der Waals surface area contributed by atoms with E-state index in [1.54, 1.807) is 14.1 Å². The van der Waals surface area contributed by atoms with Crippen molar-refractivity contribution in [1.82, 2.24) is 10.2 Å². The zero-order chi connectivity index (χ0) is 12.6. The highest BCUT2D eigenvalue weighted by Gasteiger charge is 2.12. The quantitative estimate of drug-likeness (QED) is 0.650. The van der Waals surface area contributed by atoms with Crippen molar-refractivity contribution in [3.8, 4) is 0 Å². The standard InChI is InChI=1S/C11H23N3O2/c1-4-5-6-9(12)11(16)13-8-7-10(15)14(2)3/h9H,4-8,12H2,1-3H3,(H,13,16). The van der Waals surface area contributed by atoms with E-state index in [9.17, 15) is 9.59 Å². The number of hydrogen-bond donors (Lipinski definition) is 2. The number of carbonyl (C=O) groups excluding carboxylic acids is 2. The van der Waals surface area contributed by atoms with Crippen molar-refractivity contribution in [2.75, 3.05) is 20.6 Å². The number of nitrogens with two attached hydrogens (primary N) is 1. The van der Waals surface area contributed by atoms with Crippen molar-refractivity contribution in [1.29, 1.82) is 0 Å². The van der Waals surface area contributed by atoms with Crippen molar-refractivity contribution in [3.63, 3.8) is 0 Å². The highest BCUT2D eigenvalue weighted by atomic mass is 16.2. The molecular weight excluding hydrogens is 206 g/mol. The molecule has 0 aliphatic heterocycles. The van der Waals surface area contributed by atoms with E-state index in [4.69, 9.17) is 5.73 Å². The van der Waals surface area contributed by atoms with Gasteiger partial charge in [0, 0.05) is 27.1 Å². The average Bonchev–Trinajstić information content (AvgIpc) is 2.25. The second-order valence-electron chi connectivity index (χ2n) is 4.08. The molecule has 1 unspecified atom stereocenters. The number of amides is 2. The molecule has 1 atom stereocenters. The Morgan fingerprint density at radius 3 is 2.50 bits per heavy atom. The Balaban J connectivity index is 3.68. The van der Waals surface area contributed by atoms with E-state index < -0.39 is 6.04 Å². The number of hydrogen-bond acceptors (Lipinski definition) is 3. The van der Waals surface area contributed by atoms with Crippen LogP contribution in [0.4, 0.5) is 0 Å². The van der Waals surface area contributed by atoms with Gasteiger partial charge in [0.2, 0.25) is 11.8 Å². The fourth-order valence-electron chi connectivity index (χ4n) is 1.20. The lowest BCUT2D eigenvalue weighted by molar-refractivity contribution is -0.128. The third-order valence-corrected chi connectivity index (χ3v) is 2.34. The van der Waals surface area contributed by atoms with Crippen LogP contribution in [-0.4, -0.2) is 43.4 Å². The molecule has 0 aromatic rings. The molecule has 5 nitrogen and oxygen atoms in total. The summed E-state index contributed by atoms with van der Waals surface area (Å²) in [5, 5.41) is 2.67. The first kappa shape index (κ1) is 14.9. The summed E-state index contributed by atoms with van der Waals surface area (Å²) >= 11 is 0. The summed E-state index contributed by atoms with van der Waals surface area (Å²) in [4.78, 5) is 24.2. The minimum absolute atomic E-state index is 0.00225. The van der Waals surface area contributed by atoms with E-state index in [0.29, 0.717) is 19.4 Å². The van der Waals surface area contributed by atoms with Gasteiger partial charge in [-0.2, -0.15) is 0 Å². The van der Waals surface area contributed by atoms with Gasteiger partial charge >= 0.3 is 0 Å². The number of rotatable bonds is 7. The number of carbonyl (C=O) groups is 2. The Morgan fingerprint density at radius 1 is 1.38 bits per heavy atom. The molecule has 0 aliphatic carbocycles. The highest BCUT2D eigenvalue weighted by molar-refractivity contribution is 5.82. The Kier molecular flexibility index (Phi) is 7.54. The molecule has 0 bridgehead atoms. The maximum Gasteiger partial charge on any atom is 0.236 e. The third kappa shape index (κ3) is 6.40. The van der Waals surface area contributed by atoms with Crippen LogP contribution in [0.25, 0.3) is 0 Å². The van der Waals surface area contributed by atoms with Crippen LogP contribution in [-0.2, 0) is 9.59 Å². The second kappa shape index (κ2) is 8.10. The molecule has 0 saturated carbocycles. The molecule has 0 aliphatic rings. The summed E-state index contributed by atoms with van der Waals surface area (Å²) in [6.07, 6.45) is 2.99. The van der Waals surface area contributed by atoms with Crippen molar-refractivity contribution in [2.24, 2.45) is 5.73 Å². The topological polar surface area (TPSA) is 75.4 Å². The SMILES string of the molecule is CCCCC(N)C(=O)NCCC(=O)N(C)C. The van der Waals surface area contributed by atoms with E-state index in [1.165, 1.54) is 4.90 Å². The van der Waals surface area contributed by atoms with Crippen molar-refractivity contribution >= 4 is 11.8 Å². The molecule has 0 aromatic heterocycles. The molecule has 0 saturated heterocycles. The van der Waals surface area contributed by atoms with Gasteiger partial charge in [0.25, 0.3) is 0 Å². The maximum atomic E-state index is 11.4. The summed E-state index contributed by atoms with van der Waals surface area (Å²) in [7, 11) is 3.38. The molecule has 16 heavy (non-hydrogen) atoms. The predicted molar refractivity (Wildman–Crippen MR) is 63.8 cm³/mol. The minimum atomic E-state index is -0.450. The molecule has 3 N–H and O–H groups in total. The molecule has 0 radical (unpaired) electrons. The average molecular weight is 229 g/mol. The van der Waals surface area contributed by atoms with Gasteiger partial charge in [0.15, 0.2) is 0 Å². The van der Waals surface area contributed by atoms with Gasteiger partial charge in [0.05, 0.1) is 6.04 Å². The molecule has 0 fully saturated rings. The fraction of sp³-hybridized carbons (Fsp3) is 0.818. The first-order valence-corrected chi connectivity index (χ1v) is 5.72. The van der Waals surface area contributed by atoms with E-state index >= 15 is 0 Å². The van der Waals surface area contributed by atoms with E-state index in [0.717, 1.165) is 12.8 Å². The lowest BCUT2D eigenvalue weighted by atomic mass is 10.1. The Morgan fingerprint density at radius 2 is 2.00 bits per heavy atom. The van der Waals surface area contributed by atoms with Crippen LogP contribution in [0, 0.1) is 0 Å². The minimum Gasteiger partial charge on any atom is -0.354 e.